The van der Waals surface area contributed by atoms with Crippen molar-refractivity contribution in [3.8, 4) is 0 Å². The molecule has 0 unspecified atom stereocenters. The second kappa shape index (κ2) is 8.85. The van der Waals surface area contributed by atoms with E-state index in [9.17, 15) is 0 Å². The summed E-state index contributed by atoms with van der Waals surface area (Å²) in [6, 6.07) is 0. The van der Waals surface area contributed by atoms with Crippen LogP contribution in [0.2, 0.25) is 0 Å². The van der Waals surface area contributed by atoms with Crippen molar-refractivity contribution in [3.05, 3.63) is 0 Å². The van der Waals surface area contributed by atoms with Crippen LogP contribution in [0.15, 0.2) is 0 Å². The molecule has 0 aromatic heterocycles. The van der Waals surface area contributed by atoms with Gasteiger partial charge in [-0.25, -0.2) is 0 Å². The standard InChI is InChI=1S/2BrH.H3N.Pb/h2*1H;1H3;/q;;;+2/p-1. The first kappa shape index (κ1) is 9.28. The van der Waals surface area contributed by atoms with Crippen molar-refractivity contribution in [1.29, 1.82) is 0 Å². The van der Waals surface area contributed by atoms with Crippen LogP contribution < -0.4 is 6.15 Å². The number of hydrogen-bond acceptors (Lipinski definition) is 0. The van der Waals surface area contributed by atoms with Gasteiger partial charge >= 0.3 is 43.4 Å². The molecule has 0 aromatic carbocycles. The third kappa shape index (κ3) is 9.15. The maximum Gasteiger partial charge on any atom is -0.369 e. The van der Waals surface area contributed by atoms with Crippen molar-refractivity contribution in [2.75, 3.05) is 0 Å². The molecule has 4 N–H and O–H groups in total. The Morgan fingerprint density at radius 1 is 1.25 bits per heavy atom. The molecule has 0 saturated heterocycles. The molecule has 26 valence electrons. The molecule has 0 aliphatic carbocycles. The van der Waals surface area contributed by atoms with E-state index in [1.807, 2.05) is 0 Å². The van der Waals surface area contributed by atoms with Crippen LogP contribution in [0.3, 0.4) is 0 Å². The predicted octanol–water partition coefficient (Wildman–Crippen LogP) is 1.69. The Morgan fingerprint density at radius 2 is 1.25 bits per heavy atom. The molecule has 2 radical (unpaired) electrons. The molecular weight excluding hydrogens is 381 g/mol. The van der Waals surface area contributed by atoms with Crippen LogP contribution in [0.5, 0.6) is 0 Å². The zero-order valence-corrected chi connectivity index (χ0v) is 9.32. The average molecular weight is 385 g/mol. The van der Waals surface area contributed by atoms with Gasteiger partial charge in [0.15, 0.2) is 0 Å². The van der Waals surface area contributed by atoms with E-state index in [-0.39, 0.29) is 25.6 Å². The quantitative estimate of drug-likeness (QED) is 0.617. The van der Waals surface area contributed by atoms with Gasteiger partial charge in [-0.3, -0.25) is 0 Å². The van der Waals surface area contributed by atoms with E-state index in [1.54, 1.807) is 0 Å². The molecule has 0 aliphatic rings. The Balaban J connectivity index is 0. The Kier molecular flexibility index (Phi) is 20.5. The fourth-order valence-corrected chi connectivity index (χ4v) is 0. The third-order valence-corrected chi connectivity index (χ3v) is 0. The minimum Gasteiger partial charge on any atom is -0.369 e. The number of halogens is 2. The van der Waals surface area contributed by atoms with E-state index in [4.69, 9.17) is 0 Å². The van der Waals surface area contributed by atoms with Crippen LogP contribution in [0.4, 0.5) is 0 Å². The first-order chi connectivity index (χ1) is 1.41. The molecule has 4 heavy (non-hydrogen) atoms. The molecular formula is H4Br2NPb+. The van der Waals surface area contributed by atoms with E-state index in [2.05, 4.69) is 24.0 Å². The number of quaternary nitrogens is 1. The summed E-state index contributed by atoms with van der Waals surface area (Å²) in [4.78, 5) is 0. The minimum absolute atomic E-state index is 0. The van der Waals surface area contributed by atoms with Gasteiger partial charge in [-0.15, -0.1) is 0 Å². The summed E-state index contributed by atoms with van der Waals surface area (Å²) in [6.45, 7) is 0. The first-order valence-electron chi connectivity index (χ1n) is 0.378. The summed E-state index contributed by atoms with van der Waals surface area (Å²) in [5, 5.41) is 0. The van der Waals surface area contributed by atoms with Crippen molar-refractivity contribution >= 4 is 43.4 Å². The normalized spacial score (nSPS) is 4.50. The number of rotatable bonds is 0. The fourth-order valence-electron chi connectivity index (χ4n) is 0. The van der Waals surface area contributed by atoms with Gasteiger partial charge in [-0.2, -0.15) is 0 Å². The molecule has 4 heteroatoms. The minimum atomic E-state index is -0.292. The molecule has 0 aliphatic heterocycles. The molecule has 0 spiro atoms. The second-order valence-corrected chi connectivity index (χ2v) is 16.9. The Hall–Kier alpha value is 1.84. The summed E-state index contributed by atoms with van der Waals surface area (Å²) < 4.78 is 0. The largest absolute Gasteiger partial charge is 0.369 e. The molecule has 0 rings (SSSR count). The van der Waals surface area contributed by atoms with E-state index < -0.39 is 0 Å². The van der Waals surface area contributed by atoms with Gasteiger partial charge in [0.05, 0.1) is 0 Å². The van der Waals surface area contributed by atoms with Crippen LogP contribution in [0.25, 0.3) is 0 Å². The zero-order chi connectivity index (χ0) is 2.71. The second-order valence-electron chi connectivity index (χ2n) is 0.0714. The van der Waals surface area contributed by atoms with Gasteiger partial charge < -0.3 is 6.15 Å². The van der Waals surface area contributed by atoms with Crippen LogP contribution >= 0.6 is 24.0 Å². The van der Waals surface area contributed by atoms with E-state index in [1.165, 1.54) is 0 Å². The van der Waals surface area contributed by atoms with Crippen LogP contribution in [-0.2, 0) is 0 Å². The van der Waals surface area contributed by atoms with Crippen LogP contribution in [0, 0.1) is 0 Å². The van der Waals surface area contributed by atoms with E-state index >= 15 is 0 Å². The van der Waals surface area contributed by atoms with Crippen molar-refractivity contribution in [3.63, 3.8) is 0 Å². The van der Waals surface area contributed by atoms with E-state index in [0.717, 1.165) is 0 Å². The molecule has 0 fully saturated rings. The van der Waals surface area contributed by atoms with Crippen molar-refractivity contribution < 1.29 is 0 Å². The van der Waals surface area contributed by atoms with Crippen molar-refractivity contribution in [1.82, 2.24) is 6.15 Å². The Bertz CT molecular complexity index is 6.00. The SMILES string of the molecule is [Br][Pb][Br].[NH4+]. The van der Waals surface area contributed by atoms with E-state index in [0.29, 0.717) is 0 Å². The van der Waals surface area contributed by atoms with Crippen molar-refractivity contribution in [2.24, 2.45) is 0 Å². The molecule has 0 saturated carbocycles. The van der Waals surface area contributed by atoms with Gasteiger partial charge in [0, 0.05) is 0 Å². The van der Waals surface area contributed by atoms with Gasteiger partial charge in [-0.05, 0) is 0 Å². The maximum atomic E-state index is 3.26. The van der Waals surface area contributed by atoms with Gasteiger partial charge in [0.1, 0.15) is 0 Å². The summed E-state index contributed by atoms with van der Waals surface area (Å²) in [5.74, 6) is 0. The average Bonchev–Trinajstić information content (AvgIpc) is 0.918. The third-order valence-electron chi connectivity index (χ3n) is 0. The first-order valence-corrected chi connectivity index (χ1v) is 17.2. The molecule has 0 bridgehead atoms. The molecule has 0 atom stereocenters. The summed E-state index contributed by atoms with van der Waals surface area (Å²) in [7, 11) is 0. The molecule has 0 aromatic rings. The molecule has 0 amide bonds. The monoisotopic (exact) mass is 384 g/mol. The summed E-state index contributed by atoms with van der Waals surface area (Å²) in [6.07, 6.45) is 0. The fraction of sp³-hybridized carbons (Fsp3) is 0. The number of hydrogen-bond donors (Lipinski definition) is 1. The van der Waals surface area contributed by atoms with Gasteiger partial charge in [-0.1, -0.05) is 0 Å². The summed E-state index contributed by atoms with van der Waals surface area (Å²) in [5.41, 5.74) is 0. The van der Waals surface area contributed by atoms with Crippen LogP contribution in [-0.4, -0.2) is 19.4 Å². The Morgan fingerprint density at radius 3 is 1.25 bits per heavy atom. The van der Waals surface area contributed by atoms with Gasteiger partial charge in [0.2, 0.25) is 0 Å². The van der Waals surface area contributed by atoms with Crippen LogP contribution in [0.1, 0.15) is 0 Å². The molecule has 0 heterocycles. The predicted molar refractivity (Wildman–Crippen MR) is 29.6 cm³/mol. The van der Waals surface area contributed by atoms with Crippen molar-refractivity contribution in [2.45, 2.75) is 0 Å². The topological polar surface area (TPSA) is 36.5 Å². The summed E-state index contributed by atoms with van der Waals surface area (Å²) >= 11 is 6.22. The Labute approximate surface area is 48.9 Å². The zero-order valence-electron chi connectivity index (χ0n) is 2.26. The van der Waals surface area contributed by atoms with Gasteiger partial charge in [0.25, 0.3) is 0 Å². The maximum absolute atomic E-state index is 3.26. The molecule has 1 nitrogen and oxygen atoms in total. The smallest absolute Gasteiger partial charge is 0.369 e.